The molecular formula is C19H34. The molecule has 1 aliphatic rings. The molecule has 0 aromatic heterocycles. The van der Waals surface area contributed by atoms with Gasteiger partial charge in [-0.05, 0) is 49.9 Å². The van der Waals surface area contributed by atoms with Crippen LogP contribution in [-0.2, 0) is 0 Å². The third-order valence-electron chi connectivity index (χ3n) is 4.62. The molecule has 0 radical (unpaired) electrons. The molecule has 0 N–H and O–H groups in total. The van der Waals surface area contributed by atoms with Crippen molar-refractivity contribution < 1.29 is 0 Å². The van der Waals surface area contributed by atoms with Crippen LogP contribution < -0.4 is 0 Å². The first kappa shape index (κ1) is 16.5. The van der Waals surface area contributed by atoms with Gasteiger partial charge in [-0.25, -0.2) is 0 Å². The largest absolute Gasteiger partial charge is 0.0885 e. The van der Waals surface area contributed by atoms with Crippen molar-refractivity contribution in [2.45, 2.75) is 79.1 Å². The topological polar surface area (TPSA) is 0 Å². The molecule has 0 aromatic rings. The maximum atomic E-state index is 2.59. The second kappa shape index (κ2) is 9.39. The van der Waals surface area contributed by atoms with Gasteiger partial charge in [-0.1, -0.05) is 70.8 Å². The predicted molar refractivity (Wildman–Crippen MR) is 87.3 cm³/mol. The first-order valence-corrected chi connectivity index (χ1v) is 8.50. The molecule has 0 aromatic carbocycles. The van der Waals surface area contributed by atoms with E-state index in [0.29, 0.717) is 0 Å². The van der Waals surface area contributed by atoms with Gasteiger partial charge in [-0.2, -0.15) is 0 Å². The normalized spacial score (nSPS) is 26.8. The smallest absolute Gasteiger partial charge is 0.0194 e. The van der Waals surface area contributed by atoms with Crippen molar-refractivity contribution in [1.29, 1.82) is 0 Å². The quantitative estimate of drug-likeness (QED) is 0.390. The summed E-state index contributed by atoms with van der Waals surface area (Å²) < 4.78 is 0. The van der Waals surface area contributed by atoms with Crippen molar-refractivity contribution in [2.75, 3.05) is 0 Å². The highest BCUT2D eigenvalue weighted by Crippen LogP contribution is 2.29. The summed E-state index contributed by atoms with van der Waals surface area (Å²) in [6.45, 7) is 9.55. The van der Waals surface area contributed by atoms with Crippen LogP contribution in [0.5, 0.6) is 0 Å². The second-order valence-corrected chi connectivity index (χ2v) is 6.63. The SMILES string of the molecule is CCCCCC(C)C1=CCC(C)CCC=CCC1C. The fourth-order valence-electron chi connectivity index (χ4n) is 3.15. The Morgan fingerprint density at radius 2 is 1.95 bits per heavy atom. The maximum Gasteiger partial charge on any atom is -0.0194 e. The van der Waals surface area contributed by atoms with E-state index in [2.05, 4.69) is 45.9 Å². The summed E-state index contributed by atoms with van der Waals surface area (Å²) in [4.78, 5) is 0. The van der Waals surface area contributed by atoms with E-state index in [4.69, 9.17) is 0 Å². The monoisotopic (exact) mass is 262 g/mol. The molecule has 0 saturated carbocycles. The van der Waals surface area contributed by atoms with E-state index in [0.717, 1.165) is 17.8 Å². The molecule has 0 amide bonds. The Morgan fingerprint density at radius 1 is 1.16 bits per heavy atom. The van der Waals surface area contributed by atoms with Gasteiger partial charge in [0, 0.05) is 0 Å². The second-order valence-electron chi connectivity index (χ2n) is 6.63. The Labute approximate surface area is 121 Å². The van der Waals surface area contributed by atoms with Crippen molar-refractivity contribution in [3.63, 3.8) is 0 Å². The first-order valence-electron chi connectivity index (χ1n) is 8.50. The van der Waals surface area contributed by atoms with Gasteiger partial charge >= 0.3 is 0 Å². The lowest BCUT2D eigenvalue weighted by Gasteiger charge is -2.23. The highest BCUT2D eigenvalue weighted by molar-refractivity contribution is 5.12. The molecule has 0 heterocycles. The molecule has 19 heavy (non-hydrogen) atoms. The van der Waals surface area contributed by atoms with Gasteiger partial charge in [0.05, 0.1) is 0 Å². The van der Waals surface area contributed by atoms with Crippen LogP contribution in [0.15, 0.2) is 23.8 Å². The van der Waals surface area contributed by atoms with Crippen molar-refractivity contribution in [1.82, 2.24) is 0 Å². The predicted octanol–water partition coefficient (Wildman–Crippen LogP) is 6.53. The van der Waals surface area contributed by atoms with E-state index in [1.165, 1.54) is 51.4 Å². The minimum Gasteiger partial charge on any atom is -0.0885 e. The lowest BCUT2D eigenvalue weighted by molar-refractivity contribution is 0.481. The van der Waals surface area contributed by atoms with E-state index >= 15 is 0 Å². The van der Waals surface area contributed by atoms with E-state index in [9.17, 15) is 0 Å². The Balaban J connectivity index is 2.64. The zero-order chi connectivity index (χ0) is 14.1. The van der Waals surface area contributed by atoms with Crippen LogP contribution in [0.2, 0.25) is 0 Å². The van der Waals surface area contributed by atoms with Gasteiger partial charge in [-0.3, -0.25) is 0 Å². The molecule has 3 atom stereocenters. The standard InChI is InChI=1S/C19H34/c1-5-6-8-12-17(3)19-15-14-16(2)11-9-7-10-13-18(19)4/h7,10,15-18H,5-6,8-9,11-14H2,1-4H3. The minimum absolute atomic E-state index is 0.734. The summed E-state index contributed by atoms with van der Waals surface area (Å²) in [5, 5.41) is 0. The Hall–Kier alpha value is -0.520. The Morgan fingerprint density at radius 3 is 2.68 bits per heavy atom. The molecule has 0 bridgehead atoms. The van der Waals surface area contributed by atoms with Gasteiger partial charge in [0.2, 0.25) is 0 Å². The van der Waals surface area contributed by atoms with E-state index in [1.807, 2.05) is 0 Å². The van der Waals surface area contributed by atoms with E-state index < -0.39 is 0 Å². The third-order valence-corrected chi connectivity index (χ3v) is 4.62. The molecule has 0 heteroatoms. The summed E-state index contributed by atoms with van der Waals surface area (Å²) in [6, 6.07) is 0. The number of hydrogen-bond acceptors (Lipinski definition) is 0. The van der Waals surface area contributed by atoms with Crippen LogP contribution in [0.3, 0.4) is 0 Å². The molecule has 1 aliphatic carbocycles. The maximum absolute atomic E-state index is 2.59. The van der Waals surface area contributed by atoms with Gasteiger partial charge in [0.25, 0.3) is 0 Å². The van der Waals surface area contributed by atoms with Gasteiger partial charge in [-0.15, -0.1) is 0 Å². The highest BCUT2D eigenvalue weighted by Gasteiger charge is 2.15. The number of rotatable bonds is 5. The van der Waals surface area contributed by atoms with Crippen molar-refractivity contribution >= 4 is 0 Å². The molecule has 3 unspecified atom stereocenters. The molecule has 0 nitrogen and oxygen atoms in total. The van der Waals surface area contributed by atoms with Crippen LogP contribution >= 0.6 is 0 Å². The van der Waals surface area contributed by atoms with Crippen molar-refractivity contribution in [3.05, 3.63) is 23.8 Å². The number of unbranched alkanes of at least 4 members (excludes halogenated alkanes) is 2. The van der Waals surface area contributed by atoms with Crippen LogP contribution in [0.4, 0.5) is 0 Å². The fourth-order valence-corrected chi connectivity index (χ4v) is 3.15. The molecule has 0 spiro atoms. The van der Waals surface area contributed by atoms with Crippen molar-refractivity contribution in [2.24, 2.45) is 17.8 Å². The summed E-state index contributed by atoms with van der Waals surface area (Å²) in [7, 11) is 0. The van der Waals surface area contributed by atoms with E-state index in [1.54, 1.807) is 5.57 Å². The summed E-state index contributed by atoms with van der Waals surface area (Å²) in [6.07, 6.45) is 18.0. The van der Waals surface area contributed by atoms with Crippen molar-refractivity contribution in [3.8, 4) is 0 Å². The Bertz CT molecular complexity index is 284. The zero-order valence-electron chi connectivity index (χ0n) is 13.6. The van der Waals surface area contributed by atoms with Crippen LogP contribution in [0.1, 0.15) is 79.1 Å². The summed E-state index contributed by atoms with van der Waals surface area (Å²) >= 11 is 0. The minimum atomic E-state index is 0.734. The zero-order valence-corrected chi connectivity index (χ0v) is 13.6. The molecule has 0 saturated heterocycles. The fraction of sp³-hybridized carbons (Fsp3) is 0.789. The van der Waals surface area contributed by atoms with Gasteiger partial charge in [0.1, 0.15) is 0 Å². The molecule has 0 aliphatic heterocycles. The molecule has 110 valence electrons. The third kappa shape index (κ3) is 6.45. The summed E-state index contributed by atoms with van der Waals surface area (Å²) in [5.74, 6) is 2.35. The van der Waals surface area contributed by atoms with Gasteiger partial charge < -0.3 is 0 Å². The number of allylic oxidation sites excluding steroid dienone is 4. The highest BCUT2D eigenvalue weighted by atomic mass is 14.2. The van der Waals surface area contributed by atoms with E-state index in [-0.39, 0.29) is 0 Å². The molecule has 1 rings (SSSR count). The first-order chi connectivity index (χ1) is 9.15. The van der Waals surface area contributed by atoms with Crippen LogP contribution in [0, 0.1) is 17.8 Å². The van der Waals surface area contributed by atoms with Gasteiger partial charge in [0.15, 0.2) is 0 Å². The van der Waals surface area contributed by atoms with Crippen LogP contribution in [-0.4, -0.2) is 0 Å². The average Bonchev–Trinajstić information content (AvgIpc) is 2.38. The molecule has 0 fully saturated rings. The molecular weight excluding hydrogens is 228 g/mol. The van der Waals surface area contributed by atoms with Crippen LogP contribution in [0.25, 0.3) is 0 Å². The lowest BCUT2D eigenvalue weighted by Crippen LogP contribution is -2.10. The Kier molecular flexibility index (Phi) is 8.18. The number of hydrogen-bond donors (Lipinski definition) is 0. The lowest BCUT2D eigenvalue weighted by atomic mass is 9.82. The summed E-state index contributed by atoms with van der Waals surface area (Å²) in [5.41, 5.74) is 1.73. The average molecular weight is 262 g/mol.